The van der Waals surface area contributed by atoms with E-state index in [2.05, 4.69) is 5.32 Å². The third-order valence-electron chi connectivity index (χ3n) is 3.82. The average molecular weight is 294 g/mol. The van der Waals surface area contributed by atoms with Gasteiger partial charge in [-0.25, -0.2) is 0 Å². The van der Waals surface area contributed by atoms with Crippen LogP contribution in [0.25, 0.3) is 0 Å². The van der Waals surface area contributed by atoms with E-state index in [1.54, 1.807) is 17.0 Å². The summed E-state index contributed by atoms with van der Waals surface area (Å²) in [7, 11) is 0. The van der Waals surface area contributed by atoms with Gasteiger partial charge in [0, 0.05) is 29.9 Å². The normalized spacial score (nSPS) is 14.2. The lowest BCUT2D eigenvalue weighted by atomic mass is 10.1. The lowest BCUT2D eigenvalue weighted by molar-refractivity contribution is -0.117. The summed E-state index contributed by atoms with van der Waals surface area (Å²) in [5, 5.41) is 2.86. The quantitative estimate of drug-likeness (QED) is 0.943. The monoisotopic (exact) mass is 294 g/mol. The molecular formula is C18H18N2O2. The van der Waals surface area contributed by atoms with Gasteiger partial charge in [-0.1, -0.05) is 17.7 Å². The van der Waals surface area contributed by atoms with Crippen LogP contribution in [0.2, 0.25) is 0 Å². The first-order valence-electron chi connectivity index (χ1n) is 7.42. The lowest BCUT2D eigenvalue weighted by Gasteiger charge is -2.15. The van der Waals surface area contributed by atoms with Gasteiger partial charge in [-0.15, -0.1) is 0 Å². The van der Waals surface area contributed by atoms with Gasteiger partial charge in [-0.05, 0) is 49.7 Å². The van der Waals surface area contributed by atoms with Crippen LogP contribution >= 0.6 is 0 Å². The molecule has 112 valence electrons. The summed E-state index contributed by atoms with van der Waals surface area (Å²) in [4.78, 5) is 25.7. The number of benzene rings is 2. The molecule has 0 bridgehead atoms. The van der Waals surface area contributed by atoms with Gasteiger partial charge in [0.15, 0.2) is 0 Å². The Kier molecular flexibility index (Phi) is 3.92. The molecular weight excluding hydrogens is 276 g/mol. The number of hydrogen-bond acceptors (Lipinski definition) is 2. The molecule has 0 aliphatic carbocycles. The standard InChI is InChI=1S/C18H18N2O2/c1-13-4-8-15(9-5-13)19-18(22)14-6-10-16(11-7-14)20-12-2-3-17(20)21/h4-11H,2-3,12H2,1H3,(H,19,22). The van der Waals surface area contributed by atoms with Gasteiger partial charge in [0.05, 0.1) is 0 Å². The van der Waals surface area contributed by atoms with E-state index in [-0.39, 0.29) is 11.8 Å². The molecule has 0 saturated carbocycles. The van der Waals surface area contributed by atoms with Crippen molar-refractivity contribution in [2.24, 2.45) is 0 Å². The van der Waals surface area contributed by atoms with E-state index in [1.807, 2.05) is 43.3 Å². The first-order chi connectivity index (χ1) is 10.6. The van der Waals surface area contributed by atoms with E-state index < -0.39 is 0 Å². The predicted molar refractivity (Wildman–Crippen MR) is 87.2 cm³/mol. The minimum absolute atomic E-state index is 0.150. The molecule has 2 amide bonds. The molecule has 1 aliphatic heterocycles. The summed E-state index contributed by atoms with van der Waals surface area (Å²) in [5.74, 6) is 0.00000781. The number of aryl methyl sites for hydroxylation is 1. The molecule has 0 unspecified atom stereocenters. The zero-order chi connectivity index (χ0) is 15.5. The number of anilines is 2. The summed E-state index contributed by atoms with van der Waals surface area (Å²) < 4.78 is 0. The molecule has 1 heterocycles. The first kappa shape index (κ1) is 14.3. The van der Waals surface area contributed by atoms with Gasteiger partial charge >= 0.3 is 0 Å². The third-order valence-corrected chi connectivity index (χ3v) is 3.82. The largest absolute Gasteiger partial charge is 0.322 e. The molecule has 22 heavy (non-hydrogen) atoms. The van der Waals surface area contributed by atoms with E-state index in [0.29, 0.717) is 12.0 Å². The number of rotatable bonds is 3. The Morgan fingerprint density at radius 1 is 1.05 bits per heavy atom. The van der Waals surface area contributed by atoms with Crippen molar-refractivity contribution < 1.29 is 9.59 Å². The lowest BCUT2D eigenvalue weighted by Crippen LogP contribution is -2.23. The molecule has 2 aromatic carbocycles. The molecule has 1 aliphatic rings. The summed E-state index contributed by atoms with van der Waals surface area (Å²) in [6.07, 6.45) is 1.50. The Bertz CT molecular complexity index is 690. The molecule has 1 saturated heterocycles. The maximum absolute atomic E-state index is 12.2. The molecule has 0 radical (unpaired) electrons. The fourth-order valence-corrected chi connectivity index (χ4v) is 2.55. The van der Waals surface area contributed by atoms with Crippen LogP contribution in [0.3, 0.4) is 0 Å². The number of carbonyl (C=O) groups excluding carboxylic acids is 2. The van der Waals surface area contributed by atoms with Gasteiger partial charge in [0.25, 0.3) is 5.91 Å². The van der Waals surface area contributed by atoms with Crippen molar-refractivity contribution in [3.05, 3.63) is 59.7 Å². The number of carbonyl (C=O) groups is 2. The number of nitrogens with one attached hydrogen (secondary N) is 1. The van der Waals surface area contributed by atoms with Crippen LogP contribution < -0.4 is 10.2 Å². The van der Waals surface area contributed by atoms with E-state index >= 15 is 0 Å². The second-order valence-corrected chi connectivity index (χ2v) is 5.52. The summed E-state index contributed by atoms with van der Waals surface area (Å²) in [6, 6.07) is 14.8. The Labute approximate surface area is 129 Å². The minimum atomic E-state index is -0.150. The Balaban J connectivity index is 1.70. The van der Waals surface area contributed by atoms with Crippen molar-refractivity contribution in [2.75, 3.05) is 16.8 Å². The third kappa shape index (κ3) is 3.01. The van der Waals surface area contributed by atoms with E-state index in [0.717, 1.165) is 29.9 Å². The van der Waals surface area contributed by atoms with Gasteiger partial charge in [-0.3, -0.25) is 9.59 Å². The fraction of sp³-hybridized carbons (Fsp3) is 0.222. The summed E-state index contributed by atoms with van der Waals surface area (Å²) in [6.45, 7) is 2.76. The average Bonchev–Trinajstić information content (AvgIpc) is 2.96. The molecule has 4 nitrogen and oxygen atoms in total. The van der Waals surface area contributed by atoms with Crippen molar-refractivity contribution in [3.63, 3.8) is 0 Å². The highest BCUT2D eigenvalue weighted by atomic mass is 16.2. The maximum atomic E-state index is 12.2. The number of amides is 2. The second kappa shape index (κ2) is 6.02. The smallest absolute Gasteiger partial charge is 0.255 e. The zero-order valence-corrected chi connectivity index (χ0v) is 12.5. The molecule has 2 aromatic rings. The molecule has 3 rings (SSSR count). The second-order valence-electron chi connectivity index (χ2n) is 5.52. The Hall–Kier alpha value is -2.62. The summed E-state index contributed by atoms with van der Waals surface area (Å²) in [5.41, 5.74) is 3.36. The SMILES string of the molecule is Cc1ccc(NC(=O)c2ccc(N3CCCC3=O)cc2)cc1. The topological polar surface area (TPSA) is 49.4 Å². The summed E-state index contributed by atoms with van der Waals surface area (Å²) >= 11 is 0. The number of nitrogens with zero attached hydrogens (tertiary/aromatic N) is 1. The van der Waals surface area contributed by atoms with E-state index in [1.165, 1.54) is 0 Å². The van der Waals surface area contributed by atoms with Crippen LogP contribution in [-0.2, 0) is 4.79 Å². The van der Waals surface area contributed by atoms with E-state index in [9.17, 15) is 9.59 Å². The van der Waals surface area contributed by atoms with Crippen molar-refractivity contribution in [1.82, 2.24) is 0 Å². The van der Waals surface area contributed by atoms with Gasteiger partial charge < -0.3 is 10.2 Å². The van der Waals surface area contributed by atoms with Crippen LogP contribution in [0.5, 0.6) is 0 Å². The molecule has 0 spiro atoms. The van der Waals surface area contributed by atoms with Crippen molar-refractivity contribution in [3.8, 4) is 0 Å². The highest BCUT2D eigenvalue weighted by Gasteiger charge is 2.21. The van der Waals surface area contributed by atoms with Gasteiger partial charge in [0.1, 0.15) is 0 Å². The van der Waals surface area contributed by atoms with Crippen LogP contribution in [-0.4, -0.2) is 18.4 Å². The number of hydrogen-bond donors (Lipinski definition) is 1. The predicted octanol–water partition coefficient (Wildman–Crippen LogP) is 3.37. The molecule has 1 fully saturated rings. The minimum Gasteiger partial charge on any atom is -0.322 e. The van der Waals surface area contributed by atoms with Crippen molar-refractivity contribution in [1.29, 1.82) is 0 Å². The molecule has 4 heteroatoms. The highest BCUT2D eigenvalue weighted by molar-refractivity contribution is 6.04. The van der Waals surface area contributed by atoms with Crippen molar-refractivity contribution in [2.45, 2.75) is 19.8 Å². The highest BCUT2D eigenvalue weighted by Crippen LogP contribution is 2.22. The van der Waals surface area contributed by atoms with E-state index in [4.69, 9.17) is 0 Å². The molecule has 0 atom stereocenters. The fourth-order valence-electron chi connectivity index (χ4n) is 2.55. The van der Waals surface area contributed by atoms with Crippen LogP contribution in [0.4, 0.5) is 11.4 Å². The molecule has 1 N–H and O–H groups in total. The molecule has 0 aromatic heterocycles. The first-order valence-corrected chi connectivity index (χ1v) is 7.42. The van der Waals surface area contributed by atoms with Crippen LogP contribution in [0, 0.1) is 6.92 Å². The van der Waals surface area contributed by atoms with Crippen molar-refractivity contribution >= 4 is 23.2 Å². The Morgan fingerprint density at radius 2 is 1.73 bits per heavy atom. The van der Waals surface area contributed by atoms with Gasteiger partial charge in [0.2, 0.25) is 5.91 Å². The van der Waals surface area contributed by atoms with Gasteiger partial charge in [-0.2, -0.15) is 0 Å². The zero-order valence-electron chi connectivity index (χ0n) is 12.5. The van der Waals surface area contributed by atoms with Crippen LogP contribution in [0.15, 0.2) is 48.5 Å². The Morgan fingerprint density at radius 3 is 2.32 bits per heavy atom. The maximum Gasteiger partial charge on any atom is 0.255 e. The van der Waals surface area contributed by atoms with Crippen LogP contribution in [0.1, 0.15) is 28.8 Å².